The van der Waals surface area contributed by atoms with Gasteiger partial charge in [0.1, 0.15) is 13.2 Å². The molecule has 1 atom stereocenters. The molecule has 1 unspecified atom stereocenters. The van der Waals surface area contributed by atoms with E-state index in [2.05, 4.69) is 81.5 Å². The van der Waals surface area contributed by atoms with Crippen molar-refractivity contribution in [1.82, 2.24) is 0 Å². The number of rotatable bonds is 39. The Morgan fingerprint density at radius 3 is 1.22 bits per heavy atom. The zero-order valence-corrected chi connectivity index (χ0v) is 35.2. The molecule has 54 heavy (non-hydrogen) atoms. The number of esters is 3. The van der Waals surface area contributed by atoms with E-state index in [1.165, 1.54) is 64.2 Å². The van der Waals surface area contributed by atoms with E-state index in [4.69, 9.17) is 14.2 Å². The van der Waals surface area contributed by atoms with Gasteiger partial charge in [0.2, 0.25) is 0 Å². The van der Waals surface area contributed by atoms with Crippen LogP contribution in [0.5, 0.6) is 0 Å². The molecule has 0 spiro atoms. The predicted octanol–water partition coefficient (Wildman–Crippen LogP) is 14.1. The van der Waals surface area contributed by atoms with E-state index in [-0.39, 0.29) is 31.1 Å². The molecule has 0 aliphatic heterocycles. The average molecular weight is 755 g/mol. The number of carbonyl (C=O) groups excluding carboxylic acids is 3. The fourth-order valence-corrected chi connectivity index (χ4v) is 5.84. The molecule has 0 saturated carbocycles. The van der Waals surface area contributed by atoms with Gasteiger partial charge < -0.3 is 14.2 Å². The first-order valence-electron chi connectivity index (χ1n) is 22.3. The fraction of sp³-hybridized carbons (Fsp3) is 0.729. The lowest BCUT2D eigenvalue weighted by molar-refractivity contribution is -0.167. The van der Waals surface area contributed by atoms with Crippen LogP contribution in [0.15, 0.2) is 60.8 Å². The normalized spacial score (nSPS) is 12.6. The minimum Gasteiger partial charge on any atom is -0.462 e. The van der Waals surface area contributed by atoms with Crippen molar-refractivity contribution in [3.8, 4) is 0 Å². The lowest BCUT2D eigenvalue weighted by Gasteiger charge is -2.18. The monoisotopic (exact) mass is 755 g/mol. The third-order valence-corrected chi connectivity index (χ3v) is 9.23. The molecular formula is C48H82O6. The molecule has 0 aliphatic rings. The van der Waals surface area contributed by atoms with Gasteiger partial charge in [0.05, 0.1) is 0 Å². The molecule has 0 bridgehead atoms. The van der Waals surface area contributed by atoms with Crippen molar-refractivity contribution in [2.75, 3.05) is 13.2 Å². The molecule has 0 radical (unpaired) electrons. The first-order valence-corrected chi connectivity index (χ1v) is 22.3. The van der Waals surface area contributed by atoms with Crippen molar-refractivity contribution in [2.45, 2.75) is 213 Å². The zero-order chi connectivity index (χ0) is 39.4. The van der Waals surface area contributed by atoms with Gasteiger partial charge in [-0.05, 0) is 96.3 Å². The Hall–Kier alpha value is -2.89. The van der Waals surface area contributed by atoms with Crippen molar-refractivity contribution >= 4 is 17.9 Å². The molecule has 0 amide bonds. The van der Waals surface area contributed by atoms with E-state index >= 15 is 0 Å². The largest absolute Gasteiger partial charge is 0.462 e. The van der Waals surface area contributed by atoms with E-state index in [0.717, 1.165) is 103 Å². The molecule has 6 heteroatoms. The van der Waals surface area contributed by atoms with Gasteiger partial charge in [0.25, 0.3) is 0 Å². The molecule has 0 N–H and O–H groups in total. The van der Waals surface area contributed by atoms with Gasteiger partial charge in [-0.2, -0.15) is 0 Å². The average Bonchev–Trinajstić information content (AvgIpc) is 3.17. The Balaban J connectivity index is 4.45. The highest BCUT2D eigenvalue weighted by molar-refractivity contribution is 5.71. The number of unbranched alkanes of at least 4 members (excludes halogenated alkanes) is 18. The van der Waals surface area contributed by atoms with Gasteiger partial charge >= 0.3 is 17.9 Å². The summed E-state index contributed by atoms with van der Waals surface area (Å²) in [7, 11) is 0. The van der Waals surface area contributed by atoms with E-state index in [1.807, 2.05) is 0 Å². The Kier molecular flexibility index (Phi) is 40.6. The molecule has 0 saturated heterocycles. The number of carbonyl (C=O) groups is 3. The molecule has 0 aromatic carbocycles. The quantitative estimate of drug-likeness (QED) is 0.0269. The zero-order valence-electron chi connectivity index (χ0n) is 35.2. The van der Waals surface area contributed by atoms with Crippen LogP contribution in [0, 0.1) is 0 Å². The summed E-state index contributed by atoms with van der Waals surface area (Å²) in [6.07, 6.45) is 50.6. The van der Waals surface area contributed by atoms with Crippen molar-refractivity contribution in [2.24, 2.45) is 0 Å². The second-order valence-corrected chi connectivity index (χ2v) is 14.6. The van der Waals surface area contributed by atoms with Crippen LogP contribution in [-0.4, -0.2) is 37.2 Å². The highest BCUT2D eigenvalue weighted by Crippen LogP contribution is 2.12. The summed E-state index contributed by atoms with van der Waals surface area (Å²) < 4.78 is 16.6. The highest BCUT2D eigenvalue weighted by atomic mass is 16.6. The number of ether oxygens (including phenoxy) is 3. The summed E-state index contributed by atoms with van der Waals surface area (Å²) in [6.45, 7) is 6.40. The molecule has 6 nitrogen and oxygen atoms in total. The van der Waals surface area contributed by atoms with Gasteiger partial charge in [0.15, 0.2) is 6.10 Å². The van der Waals surface area contributed by atoms with E-state index in [0.29, 0.717) is 19.3 Å². The predicted molar refractivity (Wildman–Crippen MR) is 228 cm³/mol. The Labute approximate surface area is 332 Å². The lowest BCUT2D eigenvalue weighted by atomic mass is 10.1. The summed E-state index contributed by atoms with van der Waals surface area (Å²) in [6, 6.07) is 0. The molecule has 0 heterocycles. The molecule has 0 fully saturated rings. The fourth-order valence-electron chi connectivity index (χ4n) is 5.84. The topological polar surface area (TPSA) is 78.9 Å². The molecular weight excluding hydrogens is 673 g/mol. The minimum absolute atomic E-state index is 0.0921. The van der Waals surface area contributed by atoms with Crippen LogP contribution in [0.2, 0.25) is 0 Å². The summed E-state index contributed by atoms with van der Waals surface area (Å²) in [5.41, 5.74) is 0. The molecule has 0 aromatic rings. The Bertz CT molecular complexity index is 1010. The van der Waals surface area contributed by atoms with Gasteiger partial charge in [-0.3, -0.25) is 14.4 Å². The lowest BCUT2D eigenvalue weighted by Crippen LogP contribution is -2.30. The minimum atomic E-state index is -0.790. The number of hydrogen-bond donors (Lipinski definition) is 0. The van der Waals surface area contributed by atoms with Gasteiger partial charge in [-0.1, -0.05) is 152 Å². The van der Waals surface area contributed by atoms with Crippen LogP contribution in [0.3, 0.4) is 0 Å². The van der Waals surface area contributed by atoms with Crippen LogP contribution in [0.1, 0.15) is 207 Å². The SMILES string of the molecule is CC/C=C\C/C=C\C/C=C\CCCCCC(=O)OCC(COC(=O)CCCCCCC/C=C\CCCC)OC(=O)CCCCCCC/C=C\CCCCC. The van der Waals surface area contributed by atoms with Crippen molar-refractivity contribution < 1.29 is 28.6 Å². The number of allylic oxidation sites excluding steroid dienone is 10. The van der Waals surface area contributed by atoms with Crippen LogP contribution < -0.4 is 0 Å². The van der Waals surface area contributed by atoms with Crippen molar-refractivity contribution in [3.05, 3.63) is 60.8 Å². The maximum atomic E-state index is 12.7. The summed E-state index contributed by atoms with van der Waals surface area (Å²) in [5, 5.41) is 0. The molecule has 0 aromatic heterocycles. The third-order valence-electron chi connectivity index (χ3n) is 9.23. The van der Waals surface area contributed by atoms with E-state index < -0.39 is 6.10 Å². The van der Waals surface area contributed by atoms with Crippen LogP contribution >= 0.6 is 0 Å². The smallest absolute Gasteiger partial charge is 0.306 e. The van der Waals surface area contributed by atoms with Crippen LogP contribution in [-0.2, 0) is 28.6 Å². The first kappa shape index (κ1) is 51.1. The highest BCUT2D eigenvalue weighted by Gasteiger charge is 2.19. The van der Waals surface area contributed by atoms with Crippen LogP contribution in [0.4, 0.5) is 0 Å². The molecule has 0 aliphatic carbocycles. The van der Waals surface area contributed by atoms with E-state index in [9.17, 15) is 14.4 Å². The second-order valence-electron chi connectivity index (χ2n) is 14.6. The van der Waals surface area contributed by atoms with Gasteiger partial charge in [0, 0.05) is 19.3 Å². The molecule has 0 rings (SSSR count). The number of hydrogen-bond acceptors (Lipinski definition) is 6. The van der Waals surface area contributed by atoms with Crippen LogP contribution in [0.25, 0.3) is 0 Å². The summed E-state index contributed by atoms with van der Waals surface area (Å²) >= 11 is 0. The van der Waals surface area contributed by atoms with Gasteiger partial charge in [-0.15, -0.1) is 0 Å². The van der Waals surface area contributed by atoms with Gasteiger partial charge in [-0.25, -0.2) is 0 Å². The Morgan fingerprint density at radius 2 is 0.741 bits per heavy atom. The summed E-state index contributed by atoms with van der Waals surface area (Å²) in [5.74, 6) is -0.946. The van der Waals surface area contributed by atoms with Crippen molar-refractivity contribution in [1.29, 1.82) is 0 Å². The van der Waals surface area contributed by atoms with Crippen molar-refractivity contribution in [3.63, 3.8) is 0 Å². The summed E-state index contributed by atoms with van der Waals surface area (Å²) in [4.78, 5) is 37.7. The Morgan fingerprint density at radius 1 is 0.389 bits per heavy atom. The molecule has 310 valence electrons. The standard InChI is InChI=1S/C48H82O6/c1-4-7-10-13-16-19-22-24-27-29-32-35-38-41-47(50)53-44-45(43-52-46(49)40-37-34-31-28-25-21-18-15-12-9-6-3)54-48(51)42-39-36-33-30-26-23-20-17-14-11-8-5-2/h7,10,15-20,24,27,45H,4-6,8-9,11-14,21-23,25-26,28-44H2,1-3H3/b10-7-,18-15-,19-16-,20-17-,27-24-. The second kappa shape index (κ2) is 42.8. The first-order chi connectivity index (χ1) is 26.5. The third kappa shape index (κ3) is 40.3. The maximum Gasteiger partial charge on any atom is 0.306 e. The maximum absolute atomic E-state index is 12.7. The van der Waals surface area contributed by atoms with E-state index in [1.54, 1.807) is 0 Å².